The second-order valence-electron chi connectivity index (χ2n) is 6.84. The van der Waals surface area contributed by atoms with Gasteiger partial charge in [0.25, 0.3) is 5.91 Å². The topological polar surface area (TPSA) is 75.7 Å². The van der Waals surface area contributed by atoms with E-state index in [0.717, 1.165) is 37.8 Å². The fourth-order valence-corrected chi connectivity index (χ4v) is 4.85. The molecule has 0 unspecified atom stereocenters. The van der Waals surface area contributed by atoms with Crippen LogP contribution in [0.1, 0.15) is 43.0 Å². The smallest absolute Gasteiger partial charge is 0.258 e. The van der Waals surface area contributed by atoms with Gasteiger partial charge >= 0.3 is 0 Å². The van der Waals surface area contributed by atoms with Crippen LogP contribution in [0.4, 0.5) is 10.1 Å². The highest BCUT2D eigenvalue weighted by molar-refractivity contribution is 7.89. The molecule has 1 N–H and O–H groups in total. The molecule has 1 aliphatic rings. The lowest BCUT2D eigenvalue weighted by Crippen LogP contribution is -2.32. The van der Waals surface area contributed by atoms with Crippen molar-refractivity contribution in [1.82, 2.24) is 4.31 Å². The Hall–Kier alpha value is -2.45. The Balaban J connectivity index is 1.88. The lowest BCUT2D eigenvalue weighted by atomic mass is 10.2. The van der Waals surface area contributed by atoms with E-state index in [2.05, 4.69) is 5.32 Å². The Morgan fingerprint density at radius 2 is 1.79 bits per heavy atom. The molecule has 8 heteroatoms. The van der Waals surface area contributed by atoms with E-state index in [-0.39, 0.29) is 10.5 Å². The van der Waals surface area contributed by atoms with Crippen molar-refractivity contribution in [3.63, 3.8) is 0 Å². The Labute approximate surface area is 170 Å². The molecular weight excluding hydrogens is 395 g/mol. The molecule has 156 valence electrons. The van der Waals surface area contributed by atoms with Crippen LogP contribution < -0.4 is 10.1 Å². The Kier molecular flexibility index (Phi) is 6.87. The van der Waals surface area contributed by atoms with Crippen molar-refractivity contribution in [2.75, 3.05) is 25.0 Å². The minimum Gasteiger partial charge on any atom is -0.492 e. The number of hydrogen-bond acceptors (Lipinski definition) is 4. The number of halogens is 1. The number of sulfonamides is 1. The monoisotopic (exact) mass is 420 g/mol. The summed E-state index contributed by atoms with van der Waals surface area (Å²) in [7, 11) is -3.79. The van der Waals surface area contributed by atoms with E-state index in [1.807, 2.05) is 6.92 Å². The molecule has 0 aliphatic carbocycles. The van der Waals surface area contributed by atoms with E-state index in [1.165, 1.54) is 10.4 Å². The number of rotatable bonds is 6. The third kappa shape index (κ3) is 4.94. The van der Waals surface area contributed by atoms with Gasteiger partial charge in [0, 0.05) is 13.1 Å². The first kappa shape index (κ1) is 21.3. The minimum atomic E-state index is -3.79. The molecule has 1 saturated heterocycles. The summed E-state index contributed by atoms with van der Waals surface area (Å²) in [5, 5.41) is 2.61. The molecule has 0 atom stereocenters. The van der Waals surface area contributed by atoms with Crippen LogP contribution in [-0.4, -0.2) is 38.3 Å². The second-order valence-corrected chi connectivity index (χ2v) is 8.78. The summed E-state index contributed by atoms with van der Waals surface area (Å²) in [4.78, 5) is 12.6. The fourth-order valence-electron chi connectivity index (χ4n) is 3.31. The summed E-state index contributed by atoms with van der Waals surface area (Å²) in [5.41, 5.74) is 0.0618. The molecule has 1 amide bonds. The van der Waals surface area contributed by atoms with Gasteiger partial charge in [0.15, 0.2) is 0 Å². The van der Waals surface area contributed by atoms with Gasteiger partial charge in [-0.25, -0.2) is 12.8 Å². The molecule has 1 heterocycles. The van der Waals surface area contributed by atoms with E-state index in [1.54, 1.807) is 24.3 Å². The van der Waals surface area contributed by atoms with Crippen LogP contribution in [0.15, 0.2) is 47.4 Å². The third-order valence-corrected chi connectivity index (χ3v) is 6.71. The SMILES string of the molecule is CCOc1ccccc1NC(=O)c1cc(S(=O)(=O)N2CCCCCC2)ccc1F. The highest BCUT2D eigenvalue weighted by atomic mass is 32.2. The van der Waals surface area contributed by atoms with Gasteiger partial charge in [-0.1, -0.05) is 25.0 Å². The van der Waals surface area contributed by atoms with Crippen molar-refractivity contribution >= 4 is 21.6 Å². The highest BCUT2D eigenvalue weighted by Gasteiger charge is 2.27. The van der Waals surface area contributed by atoms with Crippen LogP contribution in [0.2, 0.25) is 0 Å². The van der Waals surface area contributed by atoms with E-state index < -0.39 is 21.7 Å². The molecule has 29 heavy (non-hydrogen) atoms. The van der Waals surface area contributed by atoms with Crippen molar-refractivity contribution < 1.29 is 22.3 Å². The number of benzene rings is 2. The fraction of sp³-hybridized carbons (Fsp3) is 0.381. The summed E-state index contributed by atoms with van der Waals surface area (Å²) in [5.74, 6) is -1.06. The van der Waals surface area contributed by atoms with Crippen LogP contribution in [0.3, 0.4) is 0 Å². The van der Waals surface area contributed by atoms with E-state index >= 15 is 0 Å². The van der Waals surface area contributed by atoms with Crippen molar-refractivity contribution in [2.24, 2.45) is 0 Å². The lowest BCUT2D eigenvalue weighted by Gasteiger charge is -2.20. The van der Waals surface area contributed by atoms with E-state index in [9.17, 15) is 17.6 Å². The van der Waals surface area contributed by atoms with Crippen molar-refractivity contribution in [3.05, 3.63) is 53.8 Å². The molecule has 3 rings (SSSR count). The number of ether oxygens (including phenoxy) is 1. The molecule has 2 aromatic rings. The summed E-state index contributed by atoms with van der Waals surface area (Å²) < 4.78 is 47.2. The predicted molar refractivity (Wildman–Crippen MR) is 109 cm³/mol. The van der Waals surface area contributed by atoms with Crippen molar-refractivity contribution in [3.8, 4) is 5.75 Å². The van der Waals surface area contributed by atoms with Gasteiger partial charge < -0.3 is 10.1 Å². The zero-order valence-electron chi connectivity index (χ0n) is 16.4. The maximum atomic E-state index is 14.4. The minimum absolute atomic E-state index is 0.0796. The average Bonchev–Trinajstić information content (AvgIpc) is 3.00. The zero-order chi connectivity index (χ0) is 20.9. The zero-order valence-corrected chi connectivity index (χ0v) is 17.2. The normalized spacial score (nSPS) is 15.5. The number of nitrogens with one attached hydrogen (secondary N) is 1. The first-order valence-electron chi connectivity index (χ1n) is 9.76. The highest BCUT2D eigenvalue weighted by Crippen LogP contribution is 2.26. The number of carbonyl (C=O) groups excluding carboxylic acids is 1. The van der Waals surface area contributed by atoms with Crippen LogP contribution in [0, 0.1) is 5.82 Å². The number of amides is 1. The molecular formula is C21H25FN2O4S. The molecule has 1 aliphatic heterocycles. The van der Waals surface area contributed by atoms with Crippen molar-refractivity contribution in [2.45, 2.75) is 37.5 Å². The quantitative estimate of drug-likeness (QED) is 0.765. The Morgan fingerprint density at radius 3 is 2.48 bits per heavy atom. The number of nitrogens with zero attached hydrogens (tertiary/aromatic N) is 1. The number of carbonyl (C=O) groups is 1. The maximum Gasteiger partial charge on any atom is 0.258 e. The van der Waals surface area contributed by atoms with Gasteiger partial charge in [-0.3, -0.25) is 4.79 Å². The third-order valence-electron chi connectivity index (χ3n) is 4.82. The Bertz CT molecular complexity index is 970. The van der Waals surface area contributed by atoms with Crippen LogP contribution >= 0.6 is 0 Å². The average molecular weight is 421 g/mol. The molecule has 6 nitrogen and oxygen atoms in total. The molecule has 0 bridgehead atoms. The molecule has 2 aromatic carbocycles. The van der Waals surface area contributed by atoms with Gasteiger partial charge in [0.05, 0.1) is 22.8 Å². The first-order chi connectivity index (χ1) is 13.9. The van der Waals surface area contributed by atoms with Crippen molar-refractivity contribution in [1.29, 1.82) is 0 Å². The molecule has 1 fully saturated rings. The summed E-state index contributed by atoms with van der Waals surface area (Å²) in [6.07, 6.45) is 3.56. The predicted octanol–water partition coefficient (Wildman–Crippen LogP) is 4.04. The first-order valence-corrected chi connectivity index (χ1v) is 11.2. The van der Waals surface area contributed by atoms with Gasteiger partial charge in [-0.15, -0.1) is 0 Å². The number of para-hydroxylation sites is 2. The van der Waals surface area contributed by atoms with Gasteiger partial charge in [0.2, 0.25) is 10.0 Å². The van der Waals surface area contributed by atoms with Crippen LogP contribution in [0.25, 0.3) is 0 Å². The molecule has 0 radical (unpaired) electrons. The lowest BCUT2D eigenvalue weighted by molar-refractivity contribution is 0.102. The van der Waals surface area contributed by atoms with Gasteiger partial charge in [0.1, 0.15) is 11.6 Å². The van der Waals surface area contributed by atoms with Crippen LogP contribution in [-0.2, 0) is 10.0 Å². The molecule has 0 spiro atoms. The Morgan fingerprint density at radius 1 is 1.10 bits per heavy atom. The van der Waals surface area contributed by atoms with Gasteiger partial charge in [-0.2, -0.15) is 4.31 Å². The number of anilines is 1. The summed E-state index contributed by atoms with van der Waals surface area (Å²) in [6.45, 7) is 3.09. The van der Waals surface area contributed by atoms with Gasteiger partial charge in [-0.05, 0) is 50.1 Å². The second kappa shape index (κ2) is 9.37. The largest absolute Gasteiger partial charge is 0.492 e. The molecule has 0 saturated carbocycles. The van der Waals surface area contributed by atoms with E-state index in [4.69, 9.17) is 4.74 Å². The summed E-state index contributed by atoms with van der Waals surface area (Å²) in [6, 6.07) is 10.1. The molecule has 0 aromatic heterocycles. The number of hydrogen-bond donors (Lipinski definition) is 1. The van der Waals surface area contributed by atoms with Crippen LogP contribution in [0.5, 0.6) is 5.75 Å². The standard InChI is InChI=1S/C21H25FN2O4S/c1-2-28-20-10-6-5-9-19(20)23-21(25)17-15-16(11-12-18(17)22)29(26,27)24-13-7-3-4-8-14-24/h5-6,9-12,15H,2-4,7-8,13-14H2,1H3,(H,23,25). The summed E-state index contributed by atoms with van der Waals surface area (Å²) >= 11 is 0. The van der Waals surface area contributed by atoms with E-state index in [0.29, 0.717) is 31.1 Å². The maximum absolute atomic E-state index is 14.4.